The van der Waals surface area contributed by atoms with E-state index in [1.165, 1.54) is 37.8 Å². The van der Waals surface area contributed by atoms with Crippen LogP contribution in [0.25, 0.3) is 0 Å². The summed E-state index contributed by atoms with van der Waals surface area (Å²) in [4.78, 5) is 17.3. The third-order valence-electron chi connectivity index (χ3n) is 6.45. The minimum atomic E-state index is -0.124. The smallest absolute Gasteiger partial charge is 0.319 e. The molecule has 0 atom stereocenters. The number of carbonyl (C=O) groups excluding carboxylic acids is 1. The zero-order valence-corrected chi connectivity index (χ0v) is 16.9. The summed E-state index contributed by atoms with van der Waals surface area (Å²) in [5, 5.41) is 5.99. The number of nitrogens with one attached hydrogen (secondary N) is 2. The van der Waals surface area contributed by atoms with Crippen LogP contribution in [0, 0.1) is 0 Å². The molecule has 1 aliphatic carbocycles. The Morgan fingerprint density at radius 1 is 0.893 bits per heavy atom. The predicted octanol–water partition coefficient (Wildman–Crippen LogP) is 3.44. The lowest BCUT2D eigenvalue weighted by Crippen LogP contribution is -2.50. The molecule has 6 nitrogen and oxygen atoms in total. The lowest BCUT2D eigenvalue weighted by molar-refractivity contribution is 0.0806. The van der Waals surface area contributed by atoms with Gasteiger partial charge in [-0.2, -0.15) is 0 Å². The fourth-order valence-electron chi connectivity index (χ4n) is 4.74. The molecule has 2 aliphatic heterocycles. The second kappa shape index (κ2) is 9.61. The molecule has 2 heterocycles. The molecule has 2 saturated heterocycles. The van der Waals surface area contributed by atoms with Crippen LogP contribution >= 0.6 is 0 Å². The minimum absolute atomic E-state index is 0.124. The summed E-state index contributed by atoms with van der Waals surface area (Å²) < 4.78 is 5.33. The fourth-order valence-corrected chi connectivity index (χ4v) is 4.74. The number of amides is 2. The standard InChI is InChI=1S/C22H34N4O2/c27-22(24-19-10-16-28-17-11-19)23-18-6-8-21(9-7-18)26-14-12-25(13-15-26)20-4-2-1-3-5-20/h6-9,19-20H,1-5,10-17H2,(H2,23,24,27). The van der Waals surface area contributed by atoms with E-state index >= 15 is 0 Å². The van der Waals surface area contributed by atoms with Crippen molar-refractivity contribution in [3.63, 3.8) is 0 Å². The quantitative estimate of drug-likeness (QED) is 0.832. The Labute approximate surface area is 168 Å². The van der Waals surface area contributed by atoms with Gasteiger partial charge in [0.25, 0.3) is 0 Å². The molecule has 28 heavy (non-hydrogen) atoms. The Morgan fingerprint density at radius 2 is 1.57 bits per heavy atom. The lowest BCUT2D eigenvalue weighted by atomic mass is 9.94. The summed E-state index contributed by atoms with van der Waals surface area (Å²) in [5.74, 6) is 0. The monoisotopic (exact) mass is 386 g/mol. The van der Waals surface area contributed by atoms with Crippen molar-refractivity contribution in [3.8, 4) is 0 Å². The number of ether oxygens (including phenoxy) is 1. The Bertz CT molecular complexity index is 616. The molecule has 2 amide bonds. The molecule has 154 valence electrons. The maximum Gasteiger partial charge on any atom is 0.319 e. The second-order valence-corrected chi connectivity index (χ2v) is 8.35. The SMILES string of the molecule is O=C(Nc1ccc(N2CCN(C3CCCCC3)CC2)cc1)NC1CCOCC1. The normalized spacial score (nSPS) is 22.8. The van der Waals surface area contributed by atoms with Crippen LogP contribution in [-0.4, -0.2) is 62.4 Å². The van der Waals surface area contributed by atoms with Crippen LogP contribution in [0.5, 0.6) is 0 Å². The molecule has 0 unspecified atom stereocenters. The van der Waals surface area contributed by atoms with Crippen molar-refractivity contribution in [3.05, 3.63) is 24.3 Å². The molecule has 0 spiro atoms. The van der Waals surface area contributed by atoms with Crippen molar-refractivity contribution in [2.45, 2.75) is 57.0 Å². The number of anilines is 2. The van der Waals surface area contributed by atoms with Gasteiger partial charge in [0.1, 0.15) is 0 Å². The molecule has 2 N–H and O–H groups in total. The molecular weight excluding hydrogens is 352 g/mol. The zero-order chi connectivity index (χ0) is 19.2. The number of rotatable bonds is 4. The molecule has 4 rings (SSSR count). The molecule has 3 fully saturated rings. The Kier molecular flexibility index (Phi) is 6.70. The van der Waals surface area contributed by atoms with E-state index in [1.54, 1.807) is 0 Å². The van der Waals surface area contributed by atoms with Crippen LogP contribution in [0.2, 0.25) is 0 Å². The highest BCUT2D eigenvalue weighted by Gasteiger charge is 2.25. The molecule has 1 aromatic carbocycles. The number of urea groups is 1. The topological polar surface area (TPSA) is 56.8 Å². The van der Waals surface area contributed by atoms with Crippen LogP contribution in [-0.2, 0) is 4.74 Å². The van der Waals surface area contributed by atoms with E-state index in [2.05, 4.69) is 32.6 Å². The van der Waals surface area contributed by atoms with Crippen LogP contribution in [0.4, 0.5) is 16.2 Å². The second-order valence-electron chi connectivity index (χ2n) is 8.35. The van der Waals surface area contributed by atoms with E-state index in [9.17, 15) is 4.79 Å². The van der Waals surface area contributed by atoms with Gasteiger partial charge in [0.05, 0.1) is 0 Å². The number of hydrogen-bond donors (Lipinski definition) is 2. The van der Waals surface area contributed by atoms with Crippen molar-refractivity contribution >= 4 is 17.4 Å². The molecule has 6 heteroatoms. The molecular formula is C22H34N4O2. The van der Waals surface area contributed by atoms with Gasteiger partial charge in [0.2, 0.25) is 0 Å². The first kappa shape index (κ1) is 19.5. The number of nitrogens with zero attached hydrogens (tertiary/aromatic N) is 2. The van der Waals surface area contributed by atoms with Gasteiger partial charge in [-0.25, -0.2) is 4.79 Å². The molecule has 1 saturated carbocycles. The van der Waals surface area contributed by atoms with E-state index in [4.69, 9.17) is 4.74 Å². The largest absolute Gasteiger partial charge is 0.381 e. The van der Waals surface area contributed by atoms with Crippen LogP contribution < -0.4 is 15.5 Å². The summed E-state index contributed by atoms with van der Waals surface area (Å²) in [5.41, 5.74) is 2.09. The van der Waals surface area contributed by atoms with Crippen molar-refractivity contribution in [2.75, 3.05) is 49.6 Å². The van der Waals surface area contributed by atoms with Gasteiger partial charge in [0.15, 0.2) is 0 Å². The minimum Gasteiger partial charge on any atom is -0.381 e. The Balaban J connectivity index is 1.23. The highest BCUT2D eigenvalue weighted by molar-refractivity contribution is 5.89. The first-order chi connectivity index (χ1) is 13.8. The van der Waals surface area contributed by atoms with E-state index in [0.717, 1.165) is 64.0 Å². The fraction of sp³-hybridized carbons (Fsp3) is 0.682. The number of benzene rings is 1. The number of hydrogen-bond acceptors (Lipinski definition) is 4. The third kappa shape index (κ3) is 5.17. The van der Waals surface area contributed by atoms with E-state index in [-0.39, 0.29) is 12.1 Å². The molecule has 0 aromatic heterocycles. The van der Waals surface area contributed by atoms with Gasteiger partial charge >= 0.3 is 6.03 Å². The van der Waals surface area contributed by atoms with Crippen molar-refractivity contribution < 1.29 is 9.53 Å². The van der Waals surface area contributed by atoms with Gasteiger partial charge in [-0.05, 0) is 49.9 Å². The van der Waals surface area contributed by atoms with Gasteiger partial charge in [0, 0.05) is 62.9 Å². The maximum absolute atomic E-state index is 12.2. The lowest BCUT2D eigenvalue weighted by Gasteiger charge is -2.41. The predicted molar refractivity (Wildman–Crippen MR) is 113 cm³/mol. The van der Waals surface area contributed by atoms with Crippen LogP contribution in [0.3, 0.4) is 0 Å². The van der Waals surface area contributed by atoms with Crippen molar-refractivity contribution in [2.24, 2.45) is 0 Å². The average molecular weight is 387 g/mol. The maximum atomic E-state index is 12.2. The van der Waals surface area contributed by atoms with Crippen LogP contribution in [0.15, 0.2) is 24.3 Å². The zero-order valence-electron chi connectivity index (χ0n) is 16.9. The number of carbonyl (C=O) groups is 1. The summed E-state index contributed by atoms with van der Waals surface area (Å²) in [6.07, 6.45) is 8.78. The summed E-state index contributed by atoms with van der Waals surface area (Å²) >= 11 is 0. The van der Waals surface area contributed by atoms with Crippen LogP contribution in [0.1, 0.15) is 44.9 Å². The number of piperazine rings is 1. The molecule has 0 radical (unpaired) electrons. The highest BCUT2D eigenvalue weighted by atomic mass is 16.5. The third-order valence-corrected chi connectivity index (χ3v) is 6.45. The first-order valence-electron chi connectivity index (χ1n) is 11.0. The summed E-state index contributed by atoms with van der Waals surface area (Å²) in [6.45, 7) is 5.97. The van der Waals surface area contributed by atoms with Crippen molar-refractivity contribution in [1.82, 2.24) is 10.2 Å². The van der Waals surface area contributed by atoms with Gasteiger partial charge in [-0.3, -0.25) is 4.90 Å². The molecule has 1 aromatic rings. The van der Waals surface area contributed by atoms with Gasteiger partial charge in [-0.1, -0.05) is 19.3 Å². The van der Waals surface area contributed by atoms with Crippen molar-refractivity contribution in [1.29, 1.82) is 0 Å². The van der Waals surface area contributed by atoms with Gasteiger partial charge < -0.3 is 20.3 Å². The Hall–Kier alpha value is -1.79. The van der Waals surface area contributed by atoms with Gasteiger partial charge in [-0.15, -0.1) is 0 Å². The van der Waals surface area contributed by atoms with E-state index in [0.29, 0.717) is 0 Å². The Morgan fingerprint density at radius 3 is 2.25 bits per heavy atom. The molecule has 0 bridgehead atoms. The summed E-state index contributed by atoms with van der Waals surface area (Å²) in [7, 11) is 0. The highest BCUT2D eigenvalue weighted by Crippen LogP contribution is 2.25. The average Bonchev–Trinajstić information content (AvgIpc) is 2.76. The van der Waals surface area contributed by atoms with E-state index in [1.807, 2.05) is 12.1 Å². The molecule has 3 aliphatic rings. The van der Waals surface area contributed by atoms with E-state index < -0.39 is 0 Å². The first-order valence-corrected chi connectivity index (χ1v) is 11.0. The summed E-state index contributed by atoms with van der Waals surface area (Å²) in [6, 6.07) is 9.17.